The van der Waals surface area contributed by atoms with Crippen LogP contribution in [-0.2, 0) is 0 Å². The normalized spacial score (nSPS) is 16.4. The van der Waals surface area contributed by atoms with Gasteiger partial charge in [-0.25, -0.2) is 0 Å². The van der Waals surface area contributed by atoms with Gasteiger partial charge in [-0.3, -0.25) is 0 Å². The second-order valence-electron chi connectivity index (χ2n) is 3.17. The number of nitrogens with two attached hydrogens (primary N) is 1. The highest BCUT2D eigenvalue weighted by molar-refractivity contribution is 7.99. The van der Waals surface area contributed by atoms with Crippen LogP contribution in [0, 0.1) is 11.8 Å². The largest absolute Gasteiger partial charge is 0.396 e. The highest BCUT2D eigenvalue weighted by Crippen LogP contribution is 2.11. The molecule has 0 saturated carbocycles. The van der Waals surface area contributed by atoms with Crippen LogP contribution in [0.4, 0.5) is 0 Å². The van der Waals surface area contributed by atoms with Gasteiger partial charge in [0.1, 0.15) is 0 Å². The maximum Gasteiger partial charge on any atom is 0.0464 e. The lowest BCUT2D eigenvalue weighted by Crippen LogP contribution is -2.14. The Morgan fingerprint density at radius 3 is 2.27 bits per heavy atom. The molecule has 3 N–H and O–H groups in total. The molecule has 0 fully saturated rings. The van der Waals surface area contributed by atoms with Crippen molar-refractivity contribution in [2.45, 2.75) is 13.8 Å². The van der Waals surface area contributed by atoms with E-state index in [-0.39, 0.29) is 0 Å². The van der Waals surface area contributed by atoms with Crippen molar-refractivity contribution in [3.63, 3.8) is 0 Å². The highest BCUT2D eigenvalue weighted by atomic mass is 32.2. The molecule has 0 aliphatic heterocycles. The van der Waals surface area contributed by atoms with Crippen molar-refractivity contribution in [3.05, 3.63) is 0 Å². The summed E-state index contributed by atoms with van der Waals surface area (Å²) in [7, 11) is 0. The van der Waals surface area contributed by atoms with Gasteiger partial charge >= 0.3 is 0 Å². The molecule has 0 heterocycles. The monoisotopic (exact) mass is 177 g/mol. The van der Waals surface area contributed by atoms with E-state index in [9.17, 15) is 0 Å². The maximum absolute atomic E-state index is 8.72. The number of aliphatic hydroxyl groups excluding tert-OH is 1. The fourth-order valence-electron chi connectivity index (χ4n) is 0.591. The summed E-state index contributed by atoms with van der Waals surface area (Å²) < 4.78 is 0. The second kappa shape index (κ2) is 6.95. The van der Waals surface area contributed by atoms with E-state index in [0.717, 1.165) is 18.1 Å². The van der Waals surface area contributed by atoms with Gasteiger partial charge in [0.25, 0.3) is 0 Å². The van der Waals surface area contributed by atoms with Crippen molar-refractivity contribution in [3.8, 4) is 0 Å². The van der Waals surface area contributed by atoms with Crippen molar-refractivity contribution in [1.82, 2.24) is 0 Å². The summed E-state index contributed by atoms with van der Waals surface area (Å²) in [6.07, 6.45) is 0. The zero-order valence-corrected chi connectivity index (χ0v) is 8.23. The molecule has 0 aliphatic rings. The molecule has 3 heteroatoms. The van der Waals surface area contributed by atoms with Gasteiger partial charge in [0.15, 0.2) is 0 Å². The lowest BCUT2D eigenvalue weighted by atomic mass is 10.2. The third kappa shape index (κ3) is 6.66. The molecule has 2 atom stereocenters. The Kier molecular flexibility index (Phi) is 7.12. The first-order valence-corrected chi connectivity index (χ1v) is 5.24. The number of hydrogen-bond donors (Lipinski definition) is 2. The summed E-state index contributed by atoms with van der Waals surface area (Å²) in [5, 5.41) is 8.72. The van der Waals surface area contributed by atoms with Crippen molar-refractivity contribution < 1.29 is 5.11 Å². The van der Waals surface area contributed by atoms with Crippen LogP contribution in [0.5, 0.6) is 0 Å². The minimum absolute atomic E-state index is 0.296. The fraction of sp³-hybridized carbons (Fsp3) is 1.00. The molecule has 0 saturated heterocycles. The topological polar surface area (TPSA) is 46.2 Å². The molecule has 11 heavy (non-hydrogen) atoms. The predicted octanol–water partition coefficient (Wildman–Crippen LogP) is 0.943. The molecule has 0 aromatic rings. The summed E-state index contributed by atoms with van der Waals surface area (Å²) in [6.45, 7) is 5.27. The lowest BCUT2D eigenvalue weighted by Gasteiger charge is -2.10. The first-order valence-electron chi connectivity index (χ1n) is 4.09. The van der Waals surface area contributed by atoms with E-state index >= 15 is 0 Å². The molecule has 2 unspecified atom stereocenters. The van der Waals surface area contributed by atoms with Gasteiger partial charge < -0.3 is 10.8 Å². The Morgan fingerprint density at radius 2 is 1.82 bits per heavy atom. The van der Waals surface area contributed by atoms with Crippen LogP contribution in [0.25, 0.3) is 0 Å². The number of hydrogen-bond acceptors (Lipinski definition) is 3. The molecule has 0 aromatic carbocycles. The van der Waals surface area contributed by atoms with Gasteiger partial charge in [0, 0.05) is 6.61 Å². The second-order valence-corrected chi connectivity index (χ2v) is 4.24. The molecule has 68 valence electrons. The number of rotatable bonds is 6. The molecule has 0 radical (unpaired) electrons. The van der Waals surface area contributed by atoms with E-state index in [0.29, 0.717) is 18.4 Å². The van der Waals surface area contributed by atoms with E-state index in [1.54, 1.807) is 0 Å². The molecule has 0 aromatic heterocycles. The predicted molar refractivity (Wildman–Crippen MR) is 51.8 cm³/mol. The molecule has 0 amide bonds. The quantitative estimate of drug-likeness (QED) is 0.635. The van der Waals surface area contributed by atoms with E-state index in [2.05, 4.69) is 13.8 Å². The highest BCUT2D eigenvalue weighted by Gasteiger charge is 2.02. The van der Waals surface area contributed by atoms with Crippen LogP contribution in [0.3, 0.4) is 0 Å². The minimum atomic E-state index is 0.296. The Morgan fingerprint density at radius 1 is 1.27 bits per heavy atom. The Balaban J connectivity index is 3.13. The van der Waals surface area contributed by atoms with Crippen LogP contribution in [-0.4, -0.2) is 29.8 Å². The van der Waals surface area contributed by atoms with Crippen LogP contribution < -0.4 is 5.73 Å². The van der Waals surface area contributed by atoms with E-state index < -0.39 is 0 Å². The molecular weight excluding hydrogens is 158 g/mol. The van der Waals surface area contributed by atoms with Crippen molar-refractivity contribution in [1.29, 1.82) is 0 Å². The number of thioether (sulfide) groups is 1. The summed E-state index contributed by atoms with van der Waals surface area (Å²) in [5.74, 6) is 3.18. The van der Waals surface area contributed by atoms with E-state index in [1.807, 2.05) is 11.8 Å². The molecule has 2 nitrogen and oxygen atoms in total. The van der Waals surface area contributed by atoms with Crippen LogP contribution in [0.2, 0.25) is 0 Å². The fourth-order valence-corrected chi connectivity index (χ4v) is 1.77. The molecule has 0 spiro atoms. The summed E-state index contributed by atoms with van der Waals surface area (Å²) in [6, 6.07) is 0. The minimum Gasteiger partial charge on any atom is -0.396 e. The summed E-state index contributed by atoms with van der Waals surface area (Å²) in [5.41, 5.74) is 5.46. The van der Waals surface area contributed by atoms with Crippen LogP contribution in [0.15, 0.2) is 0 Å². The Labute approximate surface area is 73.6 Å². The average molecular weight is 177 g/mol. The first-order chi connectivity index (χ1) is 5.20. The average Bonchev–Trinajstić information content (AvgIpc) is 2.04. The molecule has 0 aliphatic carbocycles. The molecule has 0 bridgehead atoms. The van der Waals surface area contributed by atoms with Gasteiger partial charge in [0.05, 0.1) is 0 Å². The third-order valence-corrected chi connectivity index (χ3v) is 3.13. The third-order valence-electron chi connectivity index (χ3n) is 1.52. The molecule has 0 rings (SSSR count). The van der Waals surface area contributed by atoms with Gasteiger partial charge in [-0.05, 0) is 29.9 Å². The van der Waals surface area contributed by atoms with Gasteiger partial charge in [-0.15, -0.1) is 0 Å². The lowest BCUT2D eigenvalue weighted by molar-refractivity contribution is 0.250. The van der Waals surface area contributed by atoms with Crippen LogP contribution >= 0.6 is 11.8 Å². The SMILES string of the molecule is CC(CN)CSCC(C)CO. The number of aliphatic hydroxyl groups is 1. The van der Waals surface area contributed by atoms with Gasteiger partial charge in [0.2, 0.25) is 0 Å². The zero-order chi connectivity index (χ0) is 8.69. The maximum atomic E-state index is 8.72. The van der Waals surface area contributed by atoms with E-state index in [1.165, 1.54) is 0 Å². The Bertz CT molecular complexity index is 80.2. The van der Waals surface area contributed by atoms with Gasteiger partial charge in [-0.1, -0.05) is 13.8 Å². The first kappa shape index (κ1) is 11.3. The van der Waals surface area contributed by atoms with Crippen molar-refractivity contribution >= 4 is 11.8 Å². The Hall–Kier alpha value is 0.270. The summed E-state index contributed by atoms with van der Waals surface area (Å²) >= 11 is 1.88. The van der Waals surface area contributed by atoms with E-state index in [4.69, 9.17) is 10.8 Å². The smallest absolute Gasteiger partial charge is 0.0464 e. The van der Waals surface area contributed by atoms with Crippen molar-refractivity contribution in [2.24, 2.45) is 17.6 Å². The van der Waals surface area contributed by atoms with Gasteiger partial charge in [-0.2, -0.15) is 11.8 Å². The van der Waals surface area contributed by atoms with Crippen LogP contribution in [0.1, 0.15) is 13.8 Å². The molecular formula is C8H19NOS. The van der Waals surface area contributed by atoms with Crippen molar-refractivity contribution in [2.75, 3.05) is 24.7 Å². The standard InChI is InChI=1S/C8H19NOS/c1-7(3-9)5-11-6-8(2)4-10/h7-8,10H,3-6,9H2,1-2H3. The zero-order valence-electron chi connectivity index (χ0n) is 7.42. The summed E-state index contributed by atoms with van der Waals surface area (Å²) in [4.78, 5) is 0.